The summed E-state index contributed by atoms with van der Waals surface area (Å²) < 4.78 is 28.4. The predicted octanol–water partition coefficient (Wildman–Crippen LogP) is 0.371. The minimum Gasteiger partial charge on any atom is -0.434 e. The number of carbonyl (C=O) groups excluding carboxylic acids is 1. The van der Waals surface area contributed by atoms with Crippen LogP contribution in [0.2, 0.25) is 0 Å². The number of carbonyl (C=O) groups is 1. The fourth-order valence-corrected chi connectivity index (χ4v) is 1.22. The number of nitrogens with one attached hydrogen (secondary N) is 1. The number of alkyl halides is 2. The summed E-state index contributed by atoms with van der Waals surface area (Å²) in [5.74, 6) is -0.915. The Kier molecular flexibility index (Phi) is 5.47. The summed E-state index contributed by atoms with van der Waals surface area (Å²) >= 11 is 0. The second-order valence-electron chi connectivity index (χ2n) is 3.42. The first-order valence-corrected chi connectivity index (χ1v) is 5.15. The summed E-state index contributed by atoms with van der Waals surface area (Å²) in [6.07, 6.45) is -1.10. The van der Waals surface area contributed by atoms with Crippen molar-refractivity contribution in [3.05, 3.63) is 29.8 Å². The number of amides is 1. The number of para-hydroxylation sites is 1. The first-order valence-electron chi connectivity index (χ1n) is 5.15. The maximum Gasteiger partial charge on any atom is 0.387 e. The fourth-order valence-electron chi connectivity index (χ4n) is 1.22. The average molecular weight is 261 g/mol. The molecule has 0 radical (unpaired) electrons. The monoisotopic (exact) mass is 261 g/mol. The molecular formula is C11H13F2NO4. The van der Waals surface area contributed by atoms with Gasteiger partial charge in [0.15, 0.2) is 0 Å². The quantitative estimate of drug-likeness (QED) is 0.691. The van der Waals surface area contributed by atoms with Crippen LogP contribution >= 0.6 is 0 Å². The largest absolute Gasteiger partial charge is 0.434 e. The van der Waals surface area contributed by atoms with E-state index in [9.17, 15) is 13.6 Å². The van der Waals surface area contributed by atoms with E-state index in [2.05, 4.69) is 10.1 Å². The second-order valence-corrected chi connectivity index (χ2v) is 3.42. The van der Waals surface area contributed by atoms with Gasteiger partial charge in [-0.05, 0) is 12.1 Å². The van der Waals surface area contributed by atoms with Crippen LogP contribution in [0.3, 0.4) is 0 Å². The van der Waals surface area contributed by atoms with Crippen LogP contribution in [0, 0.1) is 0 Å². The number of rotatable bonds is 6. The van der Waals surface area contributed by atoms with Crippen LogP contribution in [-0.4, -0.2) is 42.0 Å². The third-order valence-corrected chi connectivity index (χ3v) is 2.06. The molecule has 1 atom stereocenters. The fraction of sp³-hybridized carbons (Fsp3) is 0.364. The highest BCUT2D eigenvalue weighted by Gasteiger charge is 2.15. The van der Waals surface area contributed by atoms with Crippen molar-refractivity contribution < 1.29 is 28.5 Å². The maximum atomic E-state index is 12.1. The molecule has 7 heteroatoms. The number of aliphatic hydroxyl groups excluding tert-OH is 2. The summed E-state index contributed by atoms with van der Waals surface area (Å²) in [4.78, 5) is 11.6. The Morgan fingerprint density at radius 2 is 2.06 bits per heavy atom. The molecule has 0 aliphatic rings. The Morgan fingerprint density at radius 1 is 1.39 bits per heavy atom. The molecule has 5 nitrogen and oxygen atoms in total. The lowest BCUT2D eigenvalue weighted by Gasteiger charge is -2.12. The molecule has 18 heavy (non-hydrogen) atoms. The van der Waals surface area contributed by atoms with Gasteiger partial charge in [-0.2, -0.15) is 8.78 Å². The van der Waals surface area contributed by atoms with E-state index < -0.39 is 25.2 Å². The van der Waals surface area contributed by atoms with E-state index in [0.29, 0.717) is 0 Å². The summed E-state index contributed by atoms with van der Waals surface area (Å²) in [7, 11) is 0. The van der Waals surface area contributed by atoms with Crippen LogP contribution in [0.15, 0.2) is 24.3 Å². The molecule has 100 valence electrons. The zero-order valence-electron chi connectivity index (χ0n) is 9.35. The average Bonchev–Trinajstić information content (AvgIpc) is 2.35. The van der Waals surface area contributed by atoms with E-state index >= 15 is 0 Å². The van der Waals surface area contributed by atoms with E-state index in [1.165, 1.54) is 24.3 Å². The Morgan fingerprint density at radius 3 is 2.67 bits per heavy atom. The minimum absolute atomic E-state index is 0.0667. The SMILES string of the molecule is O=C(NCC(O)CO)c1ccccc1OC(F)F. The number of aliphatic hydroxyl groups is 2. The van der Waals surface area contributed by atoms with Gasteiger partial charge in [0.25, 0.3) is 5.91 Å². The van der Waals surface area contributed by atoms with Gasteiger partial charge < -0.3 is 20.3 Å². The van der Waals surface area contributed by atoms with E-state index in [1.54, 1.807) is 0 Å². The molecule has 1 amide bonds. The number of halogens is 2. The van der Waals surface area contributed by atoms with Crippen molar-refractivity contribution in [1.29, 1.82) is 0 Å². The molecule has 1 aromatic rings. The van der Waals surface area contributed by atoms with Crippen LogP contribution in [0.25, 0.3) is 0 Å². The Bertz CT molecular complexity index is 400. The van der Waals surface area contributed by atoms with Crippen LogP contribution in [0.4, 0.5) is 8.78 Å². The zero-order chi connectivity index (χ0) is 13.5. The van der Waals surface area contributed by atoms with E-state index in [1.807, 2.05) is 0 Å². The topological polar surface area (TPSA) is 78.8 Å². The van der Waals surface area contributed by atoms with Gasteiger partial charge in [0.1, 0.15) is 5.75 Å². The molecule has 0 saturated carbocycles. The third kappa shape index (κ3) is 4.27. The highest BCUT2D eigenvalue weighted by atomic mass is 19.3. The third-order valence-electron chi connectivity index (χ3n) is 2.06. The van der Waals surface area contributed by atoms with Gasteiger partial charge in [-0.15, -0.1) is 0 Å². The van der Waals surface area contributed by atoms with Crippen molar-refractivity contribution >= 4 is 5.91 Å². The van der Waals surface area contributed by atoms with Crippen LogP contribution < -0.4 is 10.1 Å². The summed E-state index contributed by atoms with van der Waals surface area (Å²) in [6, 6.07) is 5.51. The lowest BCUT2D eigenvalue weighted by atomic mass is 10.2. The molecule has 0 fully saturated rings. The highest BCUT2D eigenvalue weighted by Crippen LogP contribution is 2.19. The predicted molar refractivity (Wildman–Crippen MR) is 58.5 cm³/mol. The van der Waals surface area contributed by atoms with Crippen molar-refractivity contribution in [2.75, 3.05) is 13.2 Å². The minimum atomic E-state index is -3.03. The molecule has 1 rings (SSSR count). The van der Waals surface area contributed by atoms with Gasteiger partial charge in [0.05, 0.1) is 18.3 Å². The van der Waals surface area contributed by atoms with E-state index in [-0.39, 0.29) is 17.9 Å². The second kappa shape index (κ2) is 6.87. The number of benzene rings is 1. The first-order chi connectivity index (χ1) is 8.54. The van der Waals surface area contributed by atoms with E-state index in [4.69, 9.17) is 10.2 Å². The summed E-state index contributed by atoms with van der Waals surface area (Å²) in [5.41, 5.74) is -0.0667. The molecule has 0 aliphatic heterocycles. The maximum absolute atomic E-state index is 12.1. The van der Waals surface area contributed by atoms with Crippen LogP contribution in [0.5, 0.6) is 5.75 Å². The zero-order valence-corrected chi connectivity index (χ0v) is 9.35. The van der Waals surface area contributed by atoms with Crippen LogP contribution in [-0.2, 0) is 0 Å². The molecule has 0 spiro atoms. The van der Waals surface area contributed by atoms with Gasteiger partial charge in [0, 0.05) is 6.54 Å². The molecule has 3 N–H and O–H groups in total. The van der Waals surface area contributed by atoms with Crippen molar-refractivity contribution in [2.45, 2.75) is 12.7 Å². The normalized spacial score (nSPS) is 12.3. The van der Waals surface area contributed by atoms with Crippen molar-refractivity contribution in [3.8, 4) is 5.75 Å². The van der Waals surface area contributed by atoms with E-state index in [0.717, 1.165) is 0 Å². The van der Waals surface area contributed by atoms with Gasteiger partial charge in [-0.1, -0.05) is 12.1 Å². The standard InChI is InChI=1S/C11H13F2NO4/c12-11(13)18-9-4-2-1-3-8(9)10(17)14-5-7(16)6-15/h1-4,7,11,15-16H,5-6H2,(H,14,17). The highest BCUT2D eigenvalue weighted by molar-refractivity contribution is 5.96. The molecule has 0 saturated heterocycles. The van der Waals surface area contributed by atoms with Crippen molar-refractivity contribution in [1.82, 2.24) is 5.32 Å². The van der Waals surface area contributed by atoms with Gasteiger partial charge >= 0.3 is 6.61 Å². The Hall–Kier alpha value is -1.73. The lowest BCUT2D eigenvalue weighted by molar-refractivity contribution is -0.0501. The molecular weight excluding hydrogens is 248 g/mol. The van der Waals surface area contributed by atoms with Gasteiger partial charge in [0.2, 0.25) is 0 Å². The Labute approximate surface area is 102 Å². The molecule has 0 heterocycles. The number of ether oxygens (including phenoxy) is 1. The molecule has 1 unspecified atom stereocenters. The smallest absolute Gasteiger partial charge is 0.387 e. The number of hydrogen-bond acceptors (Lipinski definition) is 4. The molecule has 1 aromatic carbocycles. The van der Waals surface area contributed by atoms with Gasteiger partial charge in [-0.3, -0.25) is 4.79 Å². The van der Waals surface area contributed by atoms with Crippen LogP contribution in [0.1, 0.15) is 10.4 Å². The summed E-state index contributed by atoms with van der Waals surface area (Å²) in [5, 5.41) is 19.9. The van der Waals surface area contributed by atoms with Crippen molar-refractivity contribution in [2.24, 2.45) is 0 Å². The van der Waals surface area contributed by atoms with Crippen molar-refractivity contribution in [3.63, 3.8) is 0 Å². The molecule has 0 aliphatic carbocycles. The molecule has 0 bridgehead atoms. The Balaban J connectivity index is 2.72. The number of hydrogen-bond donors (Lipinski definition) is 3. The van der Waals surface area contributed by atoms with Gasteiger partial charge in [-0.25, -0.2) is 0 Å². The summed E-state index contributed by atoms with van der Waals surface area (Å²) in [6.45, 7) is -3.71. The lowest BCUT2D eigenvalue weighted by Crippen LogP contribution is -2.34. The first kappa shape index (κ1) is 14.3. The molecule has 0 aromatic heterocycles.